The van der Waals surface area contributed by atoms with E-state index in [2.05, 4.69) is 28.7 Å². The molecule has 4 rings (SSSR count). The molecule has 0 radical (unpaired) electrons. The lowest BCUT2D eigenvalue weighted by atomic mass is 10.1. The third-order valence-corrected chi connectivity index (χ3v) is 4.18. The molecule has 0 saturated carbocycles. The van der Waals surface area contributed by atoms with Crippen LogP contribution in [0.3, 0.4) is 0 Å². The van der Waals surface area contributed by atoms with Crippen molar-refractivity contribution < 1.29 is 9.18 Å². The molecule has 1 aliphatic rings. The standard InChI is InChI=1S/C19H16FN3O/c1-11(2)23-17-6-4-3-5-16(17)21-18(23)10-14-13-9-12(20)7-8-15(13)22-19(14)24/h3-11H,1-2H3,(H,22,24)/b14-10+. The number of carbonyl (C=O) groups is 1. The summed E-state index contributed by atoms with van der Waals surface area (Å²) in [4.78, 5) is 16.9. The zero-order valence-corrected chi connectivity index (χ0v) is 13.4. The normalized spacial score (nSPS) is 15.3. The number of imidazole rings is 1. The molecule has 0 saturated heterocycles. The Balaban J connectivity index is 1.94. The quantitative estimate of drug-likeness (QED) is 0.717. The van der Waals surface area contributed by atoms with Crippen LogP contribution >= 0.6 is 0 Å². The number of anilines is 1. The summed E-state index contributed by atoms with van der Waals surface area (Å²) in [5.74, 6) is 0.0833. The number of amides is 1. The van der Waals surface area contributed by atoms with E-state index in [-0.39, 0.29) is 17.8 Å². The number of carbonyl (C=O) groups excluding carboxylic acids is 1. The molecular formula is C19H16FN3O. The molecule has 3 aromatic rings. The Morgan fingerprint density at radius 1 is 1.21 bits per heavy atom. The highest BCUT2D eigenvalue weighted by Gasteiger charge is 2.25. The highest BCUT2D eigenvalue weighted by molar-refractivity contribution is 6.34. The topological polar surface area (TPSA) is 46.9 Å². The number of benzene rings is 2. The second-order valence-corrected chi connectivity index (χ2v) is 6.12. The average molecular weight is 321 g/mol. The molecule has 2 aromatic carbocycles. The first-order valence-electron chi connectivity index (χ1n) is 7.84. The second-order valence-electron chi connectivity index (χ2n) is 6.12. The maximum absolute atomic E-state index is 13.6. The van der Waals surface area contributed by atoms with Gasteiger partial charge in [0.1, 0.15) is 11.6 Å². The summed E-state index contributed by atoms with van der Waals surface area (Å²) in [7, 11) is 0. The average Bonchev–Trinajstić information content (AvgIpc) is 3.06. The SMILES string of the molecule is CC(C)n1c(/C=C2/C(=O)Nc3ccc(F)cc32)nc2ccccc21. The molecule has 0 bridgehead atoms. The van der Waals surface area contributed by atoms with E-state index in [1.807, 2.05) is 24.3 Å². The maximum atomic E-state index is 13.6. The van der Waals surface area contributed by atoms with E-state index >= 15 is 0 Å². The number of fused-ring (bicyclic) bond motifs is 2. The summed E-state index contributed by atoms with van der Waals surface area (Å²) < 4.78 is 15.7. The fourth-order valence-corrected chi connectivity index (χ4v) is 3.14. The Bertz CT molecular complexity index is 1000. The van der Waals surface area contributed by atoms with E-state index in [4.69, 9.17) is 0 Å². The lowest BCUT2D eigenvalue weighted by Gasteiger charge is -2.11. The van der Waals surface area contributed by atoms with Crippen LogP contribution in [0.4, 0.5) is 10.1 Å². The van der Waals surface area contributed by atoms with Gasteiger partial charge in [-0.1, -0.05) is 12.1 Å². The van der Waals surface area contributed by atoms with E-state index in [9.17, 15) is 9.18 Å². The molecule has 1 N–H and O–H groups in total. The largest absolute Gasteiger partial charge is 0.322 e. The molecule has 0 aliphatic carbocycles. The Morgan fingerprint density at radius 2 is 2.00 bits per heavy atom. The van der Waals surface area contributed by atoms with E-state index in [0.29, 0.717) is 22.6 Å². The minimum atomic E-state index is -0.367. The molecule has 120 valence electrons. The molecule has 0 unspecified atom stereocenters. The third-order valence-electron chi connectivity index (χ3n) is 4.18. The van der Waals surface area contributed by atoms with Gasteiger partial charge in [-0.2, -0.15) is 0 Å². The van der Waals surface area contributed by atoms with Crippen molar-refractivity contribution >= 4 is 34.3 Å². The summed E-state index contributed by atoms with van der Waals surface area (Å²) in [6, 6.07) is 12.3. The molecule has 24 heavy (non-hydrogen) atoms. The van der Waals surface area contributed by atoms with Gasteiger partial charge in [0.2, 0.25) is 0 Å². The first kappa shape index (κ1) is 14.6. The summed E-state index contributed by atoms with van der Waals surface area (Å²) in [5.41, 5.74) is 3.51. The summed E-state index contributed by atoms with van der Waals surface area (Å²) in [6.45, 7) is 4.14. The number of halogens is 1. The maximum Gasteiger partial charge on any atom is 0.256 e. The van der Waals surface area contributed by atoms with Crippen LogP contribution in [0.1, 0.15) is 31.3 Å². The van der Waals surface area contributed by atoms with Crippen LogP contribution in [0.2, 0.25) is 0 Å². The number of hydrogen-bond acceptors (Lipinski definition) is 2. The van der Waals surface area contributed by atoms with Gasteiger partial charge in [0.25, 0.3) is 5.91 Å². The van der Waals surface area contributed by atoms with Crippen LogP contribution in [-0.2, 0) is 4.79 Å². The van der Waals surface area contributed by atoms with Crippen LogP contribution in [0.5, 0.6) is 0 Å². The third kappa shape index (κ3) is 2.21. The molecule has 0 fully saturated rings. The van der Waals surface area contributed by atoms with Crippen molar-refractivity contribution in [3.63, 3.8) is 0 Å². The monoisotopic (exact) mass is 321 g/mol. The van der Waals surface area contributed by atoms with Gasteiger partial charge in [-0.3, -0.25) is 4.79 Å². The first-order valence-corrected chi connectivity index (χ1v) is 7.84. The van der Waals surface area contributed by atoms with E-state index in [1.165, 1.54) is 12.1 Å². The number of rotatable bonds is 2. The minimum absolute atomic E-state index is 0.181. The van der Waals surface area contributed by atoms with Crippen LogP contribution in [-0.4, -0.2) is 15.5 Å². The van der Waals surface area contributed by atoms with Crippen molar-refractivity contribution in [3.05, 3.63) is 59.7 Å². The molecule has 0 spiro atoms. The van der Waals surface area contributed by atoms with Crippen LogP contribution in [0.25, 0.3) is 22.7 Å². The molecular weight excluding hydrogens is 305 g/mol. The number of hydrogen-bond donors (Lipinski definition) is 1. The lowest BCUT2D eigenvalue weighted by molar-refractivity contribution is -0.110. The summed E-state index contributed by atoms with van der Waals surface area (Å²) in [5, 5.41) is 2.77. The van der Waals surface area contributed by atoms with E-state index in [0.717, 1.165) is 11.0 Å². The molecule has 1 amide bonds. The van der Waals surface area contributed by atoms with Crippen molar-refractivity contribution in [2.75, 3.05) is 5.32 Å². The molecule has 2 heterocycles. The van der Waals surface area contributed by atoms with Crippen LogP contribution < -0.4 is 5.32 Å². The minimum Gasteiger partial charge on any atom is -0.322 e. The zero-order chi connectivity index (χ0) is 16.8. The lowest BCUT2D eigenvalue weighted by Crippen LogP contribution is -2.06. The Hall–Kier alpha value is -2.95. The Morgan fingerprint density at radius 3 is 2.79 bits per heavy atom. The van der Waals surface area contributed by atoms with Gasteiger partial charge in [-0.15, -0.1) is 0 Å². The first-order chi connectivity index (χ1) is 11.5. The fourth-order valence-electron chi connectivity index (χ4n) is 3.14. The molecule has 4 nitrogen and oxygen atoms in total. The van der Waals surface area contributed by atoms with Crippen molar-refractivity contribution in [3.8, 4) is 0 Å². The predicted octanol–water partition coefficient (Wildman–Crippen LogP) is 4.25. The van der Waals surface area contributed by atoms with E-state index in [1.54, 1.807) is 12.1 Å². The summed E-state index contributed by atoms with van der Waals surface area (Å²) in [6.07, 6.45) is 1.74. The van der Waals surface area contributed by atoms with E-state index < -0.39 is 0 Å². The number of nitrogens with one attached hydrogen (secondary N) is 1. The van der Waals surface area contributed by atoms with Crippen LogP contribution in [0, 0.1) is 5.82 Å². The second kappa shape index (κ2) is 5.30. The Labute approximate surface area is 138 Å². The molecule has 1 aromatic heterocycles. The fraction of sp³-hybridized carbons (Fsp3) is 0.158. The summed E-state index contributed by atoms with van der Waals surface area (Å²) >= 11 is 0. The van der Waals surface area contributed by atoms with Gasteiger partial charge in [0.15, 0.2) is 0 Å². The molecule has 1 aliphatic heterocycles. The van der Waals surface area contributed by atoms with Crippen molar-refractivity contribution in [1.82, 2.24) is 9.55 Å². The van der Waals surface area contributed by atoms with Gasteiger partial charge in [0.05, 0.1) is 16.6 Å². The van der Waals surface area contributed by atoms with Crippen LogP contribution in [0.15, 0.2) is 42.5 Å². The van der Waals surface area contributed by atoms with Crippen molar-refractivity contribution in [1.29, 1.82) is 0 Å². The molecule has 0 atom stereocenters. The van der Waals surface area contributed by atoms with Gasteiger partial charge in [-0.25, -0.2) is 9.37 Å². The Kier molecular flexibility index (Phi) is 3.23. The highest BCUT2D eigenvalue weighted by atomic mass is 19.1. The zero-order valence-electron chi connectivity index (χ0n) is 13.4. The smallest absolute Gasteiger partial charge is 0.256 e. The predicted molar refractivity (Wildman–Crippen MR) is 93.0 cm³/mol. The van der Waals surface area contributed by atoms with Gasteiger partial charge < -0.3 is 9.88 Å². The highest BCUT2D eigenvalue weighted by Crippen LogP contribution is 2.34. The molecule has 5 heteroatoms. The van der Waals surface area contributed by atoms with Crippen molar-refractivity contribution in [2.24, 2.45) is 0 Å². The van der Waals surface area contributed by atoms with Gasteiger partial charge >= 0.3 is 0 Å². The van der Waals surface area contributed by atoms with Gasteiger partial charge in [-0.05, 0) is 50.3 Å². The number of nitrogens with zero attached hydrogens (tertiary/aromatic N) is 2. The van der Waals surface area contributed by atoms with Gasteiger partial charge in [0, 0.05) is 17.3 Å². The van der Waals surface area contributed by atoms with Crippen molar-refractivity contribution in [2.45, 2.75) is 19.9 Å². The number of aromatic nitrogens is 2. The number of para-hydroxylation sites is 2.